The van der Waals surface area contributed by atoms with Crippen molar-refractivity contribution in [3.8, 4) is 0 Å². The summed E-state index contributed by atoms with van der Waals surface area (Å²) in [5, 5.41) is 4.27. The monoisotopic (exact) mass is 422 g/mol. The maximum absolute atomic E-state index is 13.9. The standard InChI is InChI=1S/C22H26F3N3O2/c1-14(18-10-7-16(24)11-19(18)25)26-12-21(30)28(22(2,3)4)13-20(29)27-17-8-5-15(23)6-9-17/h5-11,14,26H,12-13H2,1-4H3,(H,27,29)/p+1/t14-/m1/s1. The Morgan fingerprint density at radius 1 is 1.03 bits per heavy atom. The number of nitrogens with zero attached hydrogens (tertiary/aromatic N) is 1. The molecule has 3 N–H and O–H groups in total. The number of nitrogens with two attached hydrogens (primary N) is 1. The molecule has 30 heavy (non-hydrogen) atoms. The van der Waals surface area contributed by atoms with E-state index < -0.39 is 34.9 Å². The summed E-state index contributed by atoms with van der Waals surface area (Å²) in [4.78, 5) is 26.6. The molecule has 8 heteroatoms. The zero-order chi connectivity index (χ0) is 22.5. The highest BCUT2D eigenvalue weighted by Gasteiger charge is 2.30. The first-order chi connectivity index (χ1) is 14.0. The second-order valence-corrected chi connectivity index (χ2v) is 8.10. The number of hydrogen-bond donors (Lipinski definition) is 2. The number of carbonyl (C=O) groups excluding carboxylic acids is 2. The Morgan fingerprint density at radius 3 is 2.20 bits per heavy atom. The zero-order valence-corrected chi connectivity index (χ0v) is 17.5. The van der Waals surface area contributed by atoms with Gasteiger partial charge in [0.25, 0.3) is 5.91 Å². The average molecular weight is 422 g/mol. The number of hydrogen-bond acceptors (Lipinski definition) is 2. The Balaban J connectivity index is 2.00. The second kappa shape index (κ2) is 9.75. The summed E-state index contributed by atoms with van der Waals surface area (Å²) in [5.74, 6) is -2.46. The predicted molar refractivity (Wildman–Crippen MR) is 108 cm³/mol. The van der Waals surface area contributed by atoms with Crippen LogP contribution in [0.1, 0.15) is 39.3 Å². The third-order valence-corrected chi connectivity index (χ3v) is 4.64. The van der Waals surface area contributed by atoms with E-state index in [1.165, 1.54) is 41.3 Å². The highest BCUT2D eigenvalue weighted by atomic mass is 19.1. The van der Waals surface area contributed by atoms with Gasteiger partial charge in [0, 0.05) is 22.9 Å². The van der Waals surface area contributed by atoms with Crippen LogP contribution in [0.15, 0.2) is 42.5 Å². The summed E-state index contributed by atoms with van der Waals surface area (Å²) in [6.07, 6.45) is 0. The van der Waals surface area contributed by atoms with Crippen molar-refractivity contribution < 1.29 is 28.1 Å². The Labute approximate surface area is 174 Å². The minimum Gasteiger partial charge on any atom is -0.332 e. The molecule has 0 aliphatic rings. The molecular formula is C22H27F3N3O2+. The molecule has 0 saturated heterocycles. The molecule has 0 aliphatic heterocycles. The minimum absolute atomic E-state index is 0.0148. The lowest BCUT2D eigenvalue weighted by molar-refractivity contribution is -0.683. The van der Waals surface area contributed by atoms with Crippen molar-refractivity contribution in [2.24, 2.45) is 0 Å². The number of quaternary nitrogens is 1. The highest BCUT2D eigenvalue weighted by molar-refractivity contribution is 5.94. The Bertz CT molecular complexity index is 895. The number of halogens is 3. The van der Waals surface area contributed by atoms with Crippen molar-refractivity contribution in [3.63, 3.8) is 0 Å². The molecule has 0 aliphatic carbocycles. The van der Waals surface area contributed by atoms with Crippen LogP contribution < -0.4 is 10.6 Å². The fourth-order valence-corrected chi connectivity index (χ4v) is 2.96. The molecule has 5 nitrogen and oxygen atoms in total. The topological polar surface area (TPSA) is 66.0 Å². The lowest BCUT2D eigenvalue weighted by Crippen LogP contribution is -2.87. The number of nitrogens with one attached hydrogen (secondary N) is 1. The summed E-state index contributed by atoms with van der Waals surface area (Å²) in [6.45, 7) is 6.93. The summed E-state index contributed by atoms with van der Waals surface area (Å²) in [7, 11) is 0. The number of anilines is 1. The first kappa shape index (κ1) is 23.4. The van der Waals surface area contributed by atoms with Crippen LogP contribution >= 0.6 is 0 Å². The maximum Gasteiger partial charge on any atom is 0.278 e. The molecule has 0 saturated carbocycles. The molecule has 2 aromatic rings. The summed E-state index contributed by atoms with van der Waals surface area (Å²) < 4.78 is 40.0. The van der Waals surface area contributed by atoms with Gasteiger partial charge in [-0.1, -0.05) is 0 Å². The van der Waals surface area contributed by atoms with Gasteiger partial charge in [0.1, 0.15) is 30.0 Å². The van der Waals surface area contributed by atoms with Gasteiger partial charge in [-0.25, -0.2) is 13.2 Å². The van der Waals surface area contributed by atoms with E-state index in [9.17, 15) is 22.8 Å². The lowest BCUT2D eigenvalue weighted by atomic mass is 10.1. The smallest absolute Gasteiger partial charge is 0.278 e. The quantitative estimate of drug-likeness (QED) is 0.721. The SMILES string of the molecule is C[C@@H]([NH2+]CC(=O)N(CC(=O)Nc1ccc(F)cc1)C(C)(C)C)c1ccc(F)cc1F. The van der Waals surface area contributed by atoms with Crippen molar-refractivity contribution in [1.82, 2.24) is 4.90 Å². The van der Waals surface area contributed by atoms with Crippen LogP contribution in [0.3, 0.4) is 0 Å². The number of amides is 2. The molecule has 0 aromatic heterocycles. The van der Waals surface area contributed by atoms with Crippen molar-refractivity contribution in [3.05, 3.63) is 65.5 Å². The van der Waals surface area contributed by atoms with Gasteiger partial charge in [0.2, 0.25) is 5.91 Å². The highest BCUT2D eigenvalue weighted by Crippen LogP contribution is 2.16. The van der Waals surface area contributed by atoms with Gasteiger partial charge in [0.15, 0.2) is 6.54 Å². The van der Waals surface area contributed by atoms with E-state index in [2.05, 4.69) is 5.32 Å². The average Bonchev–Trinajstić information content (AvgIpc) is 2.65. The number of benzene rings is 2. The van der Waals surface area contributed by atoms with E-state index in [-0.39, 0.29) is 19.0 Å². The lowest BCUT2D eigenvalue weighted by Gasteiger charge is -2.34. The van der Waals surface area contributed by atoms with Gasteiger partial charge in [0.05, 0.1) is 0 Å². The Kier molecular flexibility index (Phi) is 7.61. The van der Waals surface area contributed by atoms with Gasteiger partial charge < -0.3 is 15.5 Å². The first-order valence-electron chi connectivity index (χ1n) is 9.61. The molecule has 0 fully saturated rings. The molecule has 1 atom stereocenters. The molecular weight excluding hydrogens is 395 g/mol. The van der Waals surface area contributed by atoms with Crippen molar-refractivity contribution in [2.75, 3.05) is 18.4 Å². The molecule has 2 aromatic carbocycles. The fourth-order valence-electron chi connectivity index (χ4n) is 2.96. The van der Waals surface area contributed by atoms with Crippen LogP contribution in [0.2, 0.25) is 0 Å². The minimum atomic E-state index is -0.669. The van der Waals surface area contributed by atoms with Gasteiger partial charge in [-0.3, -0.25) is 9.59 Å². The molecule has 162 valence electrons. The van der Waals surface area contributed by atoms with Crippen LogP contribution in [0.5, 0.6) is 0 Å². The van der Waals surface area contributed by atoms with Crippen LogP contribution in [0.25, 0.3) is 0 Å². The van der Waals surface area contributed by atoms with Gasteiger partial charge >= 0.3 is 0 Å². The van der Waals surface area contributed by atoms with Crippen LogP contribution in [-0.2, 0) is 9.59 Å². The van der Waals surface area contributed by atoms with E-state index in [0.717, 1.165) is 6.07 Å². The van der Waals surface area contributed by atoms with E-state index in [1.807, 2.05) is 0 Å². The van der Waals surface area contributed by atoms with E-state index in [4.69, 9.17) is 0 Å². The fraction of sp³-hybridized carbons (Fsp3) is 0.364. The largest absolute Gasteiger partial charge is 0.332 e. The van der Waals surface area contributed by atoms with E-state index in [1.54, 1.807) is 33.0 Å². The van der Waals surface area contributed by atoms with Crippen molar-refractivity contribution >= 4 is 17.5 Å². The molecule has 2 amide bonds. The number of carbonyl (C=O) groups is 2. The second-order valence-electron chi connectivity index (χ2n) is 8.10. The van der Waals surface area contributed by atoms with Crippen molar-refractivity contribution in [1.29, 1.82) is 0 Å². The first-order valence-corrected chi connectivity index (χ1v) is 9.61. The summed E-state index contributed by atoms with van der Waals surface area (Å²) >= 11 is 0. The van der Waals surface area contributed by atoms with Crippen LogP contribution in [0, 0.1) is 17.5 Å². The molecule has 0 heterocycles. The molecule has 0 bridgehead atoms. The van der Waals surface area contributed by atoms with E-state index in [0.29, 0.717) is 11.3 Å². The van der Waals surface area contributed by atoms with Gasteiger partial charge in [-0.05, 0) is 64.1 Å². The van der Waals surface area contributed by atoms with E-state index >= 15 is 0 Å². The van der Waals surface area contributed by atoms with Gasteiger partial charge in [-0.2, -0.15) is 0 Å². The molecule has 0 spiro atoms. The third-order valence-electron chi connectivity index (χ3n) is 4.64. The van der Waals surface area contributed by atoms with Gasteiger partial charge in [-0.15, -0.1) is 0 Å². The normalized spacial score (nSPS) is 12.4. The zero-order valence-electron chi connectivity index (χ0n) is 17.5. The molecule has 0 radical (unpaired) electrons. The molecule has 2 rings (SSSR count). The van der Waals surface area contributed by atoms with Crippen molar-refractivity contribution in [2.45, 2.75) is 39.3 Å². The predicted octanol–water partition coefficient (Wildman–Crippen LogP) is 2.99. The Hall–Kier alpha value is -2.87. The third kappa shape index (κ3) is 6.59. The Morgan fingerprint density at radius 2 is 1.63 bits per heavy atom. The number of rotatable bonds is 7. The molecule has 0 unspecified atom stereocenters. The maximum atomic E-state index is 13.9. The summed E-state index contributed by atoms with van der Waals surface area (Å²) in [6, 6.07) is 8.25. The van der Waals surface area contributed by atoms with Crippen LogP contribution in [0.4, 0.5) is 18.9 Å². The summed E-state index contributed by atoms with van der Waals surface area (Å²) in [5.41, 5.74) is 0.0883. The van der Waals surface area contributed by atoms with Crippen LogP contribution in [-0.4, -0.2) is 35.3 Å².